The number of aryl methyl sites for hydroxylation is 2. The molecule has 35 heavy (non-hydrogen) atoms. The normalized spacial score (nSPS) is 15.8. The molecule has 1 aliphatic carbocycles. The average molecular weight is 487 g/mol. The first-order chi connectivity index (χ1) is 17.1. The van der Waals surface area contributed by atoms with E-state index in [1.54, 1.807) is 0 Å². The molecule has 1 saturated heterocycles. The van der Waals surface area contributed by atoms with Crippen molar-refractivity contribution in [1.29, 1.82) is 5.41 Å². The number of hydrogen-bond donors (Lipinski definition) is 2. The fourth-order valence-corrected chi connectivity index (χ4v) is 5.33. The van der Waals surface area contributed by atoms with Crippen LogP contribution in [-0.2, 0) is 12.8 Å². The van der Waals surface area contributed by atoms with Gasteiger partial charge in [0.1, 0.15) is 11.6 Å². The number of likely N-dealkylation sites (tertiary alicyclic amines) is 1. The van der Waals surface area contributed by atoms with Gasteiger partial charge in [0.05, 0.1) is 12.3 Å². The van der Waals surface area contributed by atoms with Crippen LogP contribution >= 0.6 is 11.6 Å². The van der Waals surface area contributed by atoms with Crippen molar-refractivity contribution in [2.75, 3.05) is 26.2 Å². The molecular weight excluding hydrogens is 456 g/mol. The number of aromatic nitrogens is 1. The number of benzene rings is 2. The summed E-state index contributed by atoms with van der Waals surface area (Å²) in [5.74, 6) is 0.894. The SMILES string of the molecule is N=C(N)c1ccc(OCCCN2CCC(=C3c4ccc(Cl)cc4CCc4cccnc43)CC2)cc1. The molecule has 0 bridgehead atoms. The Morgan fingerprint density at radius 3 is 2.54 bits per heavy atom. The topological polar surface area (TPSA) is 75.2 Å². The van der Waals surface area contributed by atoms with E-state index in [9.17, 15) is 0 Å². The molecule has 0 atom stereocenters. The van der Waals surface area contributed by atoms with Crippen LogP contribution in [0.15, 0.2) is 66.4 Å². The van der Waals surface area contributed by atoms with E-state index in [-0.39, 0.29) is 5.84 Å². The van der Waals surface area contributed by atoms with Crippen LogP contribution in [0.5, 0.6) is 5.75 Å². The number of nitrogens with two attached hydrogens (primary N) is 1. The Hall–Kier alpha value is -3.15. The number of fused-ring (bicyclic) bond motifs is 2. The zero-order chi connectivity index (χ0) is 24.2. The second-order valence-electron chi connectivity index (χ2n) is 9.27. The molecule has 1 fully saturated rings. The predicted molar refractivity (Wildman–Crippen MR) is 142 cm³/mol. The molecule has 0 unspecified atom stereocenters. The lowest BCUT2D eigenvalue weighted by Gasteiger charge is -2.30. The number of halogens is 1. The van der Waals surface area contributed by atoms with Crippen molar-refractivity contribution in [3.63, 3.8) is 0 Å². The number of nitrogens with one attached hydrogen (secondary N) is 1. The molecule has 2 heterocycles. The van der Waals surface area contributed by atoms with Gasteiger partial charge in [0, 0.05) is 42.0 Å². The molecule has 180 valence electrons. The van der Waals surface area contributed by atoms with Gasteiger partial charge in [-0.1, -0.05) is 29.3 Å². The summed E-state index contributed by atoms with van der Waals surface area (Å²) >= 11 is 6.35. The van der Waals surface area contributed by atoms with Crippen molar-refractivity contribution in [3.8, 4) is 5.75 Å². The maximum absolute atomic E-state index is 7.48. The maximum Gasteiger partial charge on any atom is 0.122 e. The summed E-state index contributed by atoms with van der Waals surface area (Å²) in [5, 5.41) is 8.28. The van der Waals surface area contributed by atoms with Gasteiger partial charge >= 0.3 is 0 Å². The van der Waals surface area contributed by atoms with Crippen molar-refractivity contribution < 1.29 is 4.74 Å². The van der Waals surface area contributed by atoms with E-state index < -0.39 is 0 Å². The van der Waals surface area contributed by atoms with E-state index in [0.29, 0.717) is 12.2 Å². The molecule has 0 spiro atoms. The molecular formula is C29H31ClN4O. The fourth-order valence-electron chi connectivity index (χ4n) is 5.14. The minimum absolute atomic E-state index is 0.0754. The smallest absolute Gasteiger partial charge is 0.122 e. The highest BCUT2D eigenvalue weighted by atomic mass is 35.5. The quantitative estimate of drug-likeness (QED) is 0.274. The second-order valence-corrected chi connectivity index (χ2v) is 9.71. The Labute approximate surface area is 212 Å². The van der Waals surface area contributed by atoms with Crippen LogP contribution in [0.2, 0.25) is 5.02 Å². The molecule has 1 aromatic heterocycles. The standard InChI is InChI=1S/C29H31ClN4O/c30-24-8-11-26-23(19-24)5-4-21-3-1-14-33-28(21)27(26)20-12-16-34(17-13-20)15-2-18-35-25-9-6-22(7-10-25)29(31)32/h1,3,6-11,14,19H,2,4-5,12-13,15-18H2,(H3,31,32). The van der Waals surface area contributed by atoms with E-state index in [1.807, 2.05) is 42.6 Å². The number of nitrogen functional groups attached to an aromatic ring is 1. The third kappa shape index (κ3) is 5.42. The molecule has 6 heteroatoms. The van der Waals surface area contributed by atoms with Crippen LogP contribution in [0.4, 0.5) is 0 Å². The summed E-state index contributed by atoms with van der Waals surface area (Å²) in [6.07, 6.45) is 7.00. The van der Waals surface area contributed by atoms with Gasteiger partial charge in [-0.25, -0.2) is 0 Å². The maximum atomic E-state index is 7.48. The van der Waals surface area contributed by atoms with E-state index in [0.717, 1.165) is 68.2 Å². The summed E-state index contributed by atoms with van der Waals surface area (Å²) in [6, 6.07) is 18.0. The molecule has 1 aliphatic heterocycles. The summed E-state index contributed by atoms with van der Waals surface area (Å²) in [7, 11) is 0. The molecule has 5 nitrogen and oxygen atoms in total. The Balaban J connectivity index is 1.23. The third-order valence-electron chi connectivity index (χ3n) is 6.99. The summed E-state index contributed by atoms with van der Waals surface area (Å²) in [6.45, 7) is 3.80. The van der Waals surface area contributed by atoms with Gasteiger partial charge in [-0.15, -0.1) is 0 Å². The van der Waals surface area contributed by atoms with Crippen LogP contribution in [0.25, 0.3) is 5.57 Å². The van der Waals surface area contributed by atoms with E-state index >= 15 is 0 Å². The number of hydrogen-bond acceptors (Lipinski definition) is 4. The number of ether oxygens (including phenoxy) is 1. The Bertz CT molecular complexity index is 1240. The van der Waals surface area contributed by atoms with Crippen LogP contribution in [-0.4, -0.2) is 42.0 Å². The monoisotopic (exact) mass is 486 g/mol. The predicted octanol–water partition coefficient (Wildman–Crippen LogP) is 5.48. The molecule has 2 aliphatic rings. The number of nitrogens with zero attached hydrogens (tertiary/aromatic N) is 2. The first-order valence-corrected chi connectivity index (χ1v) is 12.7. The highest BCUT2D eigenvalue weighted by Crippen LogP contribution is 2.38. The van der Waals surface area contributed by atoms with Gasteiger partial charge < -0.3 is 15.4 Å². The minimum Gasteiger partial charge on any atom is -0.494 e. The van der Waals surface area contributed by atoms with Gasteiger partial charge in [0.2, 0.25) is 0 Å². The van der Waals surface area contributed by atoms with Crippen molar-refractivity contribution in [2.45, 2.75) is 32.1 Å². The Morgan fingerprint density at radius 1 is 1.00 bits per heavy atom. The first-order valence-electron chi connectivity index (χ1n) is 12.3. The Kier molecular flexibility index (Phi) is 7.16. The lowest BCUT2D eigenvalue weighted by Crippen LogP contribution is -2.32. The van der Waals surface area contributed by atoms with E-state index in [2.05, 4.69) is 23.1 Å². The second kappa shape index (κ2) is 10.6. The molecule has 3 aromatic rings. The molecule has 0 radical (unpaired) electrons. The molecule has 0 saturated carbocycles. The zero-order valence-corrected chi connectivity index (χ0v) is 20.7. The first kappa shape index (κ1) is 23.6. The average Bonchev–Trinajstić information content (AvgIpc) is 3.04. The number of rotatable bonds is 6. The van der Waals surface area contributed by atoms with Crippen molar-refractivity contribution in [3.05, 3.63) is 99.3 Å². The van der Waals surface area contributed by atoms with Gasteiger partial charge in [-0.05, 0) is 91.3 Å². The molecule has 0 amide bonds. The molecule has 5 rings (SSSR count). The lowest BCUT2D eigenvalue weighted by molar-refractivity contribution is 0.223. The molecule has 3 N–H and O–H groups in total. The third-order valence-corrected chi connectivity index (χ3v) is 7.23. The minimum atomic E-state index is 0.0754. The molecule has 2 aromatic carbocycles. The highest BCUT2D eigenvalue weighted by molar-refractivity contribution is 6.30. The number of amidine groups is 1. The van der Waals surface area contributed by atoms with Crippen molar-refractivity contribution in [1.82, 2.24) is 9.88 Å². The number of piperidine rings is 1. The van der Waals surface area contributed by atoms with Crippen LogP contribution in [0.3, 0.4) is 0 Å². The van der Waals surface area contributed by atoms with E-state index in [4.69, 9.17) is 32.5 Å². The fraction of sp³-hybridized carbons (Fsp3) is 0.310. The zero-order valence-electron chi connectivity index (χ0n) is 19.9. The summed E-state index contributed by atoms with van der Waals surface area (Å²) < 4.78 is 5.88. The van der Waals surface area contributed by atoms with Gasteiger partial charge in [-0.2, -0.15) is 0 Å². The lowest BCUT2D eigenvalue weighted by atomic mass is 9.88. The summed E-state index contributed by atoms with van der Waals surface area (Å²) in [5.41, 5.74) is 14.2. The van der Waals surface area contributed by atoms with Gasteiger partial charge in [0.25, 0.3) is 0 Å². The van der Waals surface area contributed by atoms with Gasteiger partial charge in [0.15, 0.2) is 0 Å². The van der Waals surface area contributed by atoms with Crippen molar-refractivity contribution >= 4 is 23.0 Å². The largest absolute Gasteiger partial charge is 0.494 e. The Morgan fingerprint density at radius 2 is 1.77 bits per heavy atom. The van der Waals surface area contributed by atoms with Crippen LogP contribution < -0.4 is 10.5 Å². The van der Waals surface area contributed by atoms with Crippen LogP contribution in [0, 0.1) is 5.41 Å². The highest BCUT2D eigenvalue weighted by Gasteiger charge is 2.25. The van der Waals surface area contributed by atoms with Crippen LogP contribution in [0.1, 0.15) is 47.2 Å². The summed E-state index contributed by atoms with van der Waals surface area (Å²) in [4.78, 5) is 7.37. The van der Waals surface area contributed by atoms with Crippen molar-refractivity contribution in [2.24, 2.45) is 5.73 Å². The number of pyridine rings is 1. The van der Waals surface area contributed by atoms with E-state index in [1.165, 1.54) is 27.8 Å². The van der Waals surface area contributed by atoms with Gasteiger partial charge in [-0.3, -0.25) is 10.4 Å².